The summed E-state index contributed by atoms with van der Waals surface area (Å²) in [5.41, 5.74) is 5.99. The summed E-state index contributed by atoms with van der Waals surface area (Å²) in [4.78, 5) is 7.44. The van der Waals surface area contributed by atoms with Crippen LogP contribution in [0.25, 0.3) is 16.8 Å². The highest BCUT2D eigenvalue weighted by atomic mass is 16.5. The van der Waals surface area contributed by atoms with Crippen molar-refractivity contribution in [1.29, 1.82) is 0 Å². The van der Waals surface area contributed by atoms with E-state index in [1.807, 2.05) is 6.08 Å². The maximum absolute atomic E-state index is 6.05. The second-order valence-corrected chi connectivity index (χ2v) is 9.93. The zero-order valence-corrected chi connectivity index (χ0v) is 21.0. The summed E-state index contributed by atoms with van der Waals surface area (Å²) in [6.45, 7) is 1.52. The van der Waals surface area contributed by atoms with Gasteiger partial charge in [0.05, 0.1) is 65.5 Å². The van der Waals surface area contributed by atoms with Gasteiger partial charge in [-0.2, -0.15) is 0 Å². The van der Waals surface area contributed by atoms with Crippen LogP contribution in [0.5, 0.6) is 0 Å². The predicted molar refractivity (Wildman–Crippen MR) is 145 cm³/mol. The number of ether oxygens (including phenoxy) is 2. The topological polar surface area (TPSA) is 65.3 Å². The summed E-state index contributed by atoms with van der Waals surface area (Å²) in [6, 6.07) is 12.9. The maximum atomic E-state index is 6.05. The Hall–Kier alpha value is -3.26. The van der Waals surface area contributed by atoms with Crippen molar-refractivity contribution >= 4 is 34.8 Å². The summed E-state index contributed by atoms with van der Waals surface area (Å²) in [6.07, 6.45) is 8.02. The van der Waals surface area contributed by atoms with Crippen LogP contribution < -0.4 is 4.90 Å². The molecule has 6 radical (unpaired) electrons. The first-order chi connectivity index (χ1) is 17.9. The zero-order valence-electron chi connectivity index (χ0n) is 21.0. The van der Waals surface area contributed by atoms with Gasteiger partial charge in [0.25, 0.3) is 0 Å². The summed E-state index contributed by atoms with van der Waals surface area (Å²) < 4.78 is 13.1. The molecule has 2 atom stereocenters. The Balaban J connectivity index is 1.55. The molecule has 1 fully saturated rings. The van der Waals surface area contributed by atoms with E-state index in [-0.39, 0.29) is 12.1 Å². The van der Waals surface area contributed by atoms with Crippen LogP contribution in [0, 0.1) is 5.92 Å². The van der Waals surface area contributed by atoms with Gasteiger partial charge >= 0.3 is 0 Å². The molecule has 3 aliphatic rings. The molecule has 7 nitrogen and oxygen atoms in total. The summed E-state index contributed by atoms with van der Waals surface area (Å²) >= 11 is 0. The molecule has 4 heterocycles. The summed E-state index contributed by atoms with van der Waals surface area (Å²) in [5, 5.41) is 6.66. The molecule has 3 aromatic rings. The molecule has 0 N–H and O–H groups in total. The van der Waals surface area contributed by atoms with Crippen LogP contribution in [0.15, 0.2) is 60.5 Å². The first-order valence-corrected chi connectivity index (χ1v) is 12.5. The fourth-order valence-corrected chi connectivity index (χ4v) is 5.95. The molecule has 2 aliphatic heterocycles. The Kier molecular flexibility index (Phi) is 6.02. The van der Waals surface area contributed by atoms with Crippen molar-refractivity contribution in [3.05, 3.63) is 77.5 Å². The van der Waals surface area contributed by atoms with E-state index in [4.69, 9.17) is 38.0 Å². The van der Waals surface area contributed by atoms with Crippen LogP contribution in [0.3, 0.4) is 0 Å². The van der Waals surface area contributed by atoms with E-state index in [2.05, 4.69) is 57.7 Å². The number of aromatic nitrogens is 4. The van der Waals surface area contributed by atoms with Gasteiger partial charge in [0.2, 0.25) is 0 Å². The zero-order chi connectivity index (χ0) is 25.7. The number of aryl methyl sites for hydroxylation is 1. The molecular weight excluding hydrogens is 459 g/mol. The van der Waals surface area contributed by atoms with Gasteiger partial charge in [-0.1, -0.05) is 46.7 Å². The van der Waals surface area contributed by atoms with E-state index in [1.54, 1.807) is 25.0 Å². The lowest BCUT2D eigenvalue weighted by molar-refractivity contribution is 0.0572. The van der Waals surface area contributed by atoms with Crippen molar-refractivity contribution in [2.45, 2.75) is 30.0 Å². The Bertz CT molecular complexity index is 1380. The van der Waals surface area contributed by atoms with Crippen molar-refractivity contribution in [1.82, 2.24) is 20.0 Å². The second kappa shape index (κ2) is 9.24. The van der Waals surface area contributed by atoms with Crippen LogP contribution in [0.1, 0.15) is 35.8 Å². The van der Waals surface area contributed by atoms with Gasteiger partial charge in [-0.15, -0.1) is 5.10 Å². The number of allylic oxidation sites excluding steroid dienone is 1. The van der Waals surface area contributed by atoms with E-state index >= 15 is 0 Å². The van der Waals surface area contributed by atoms with Gasteiger partial charge in [-0.25, -0.2) is 4.68 Å². The van der Waals surface area contributed by atoms with Crippen LogP contribution in [0.2, 0.25) is 0 Å². The highest BCUT2D eigenvalue weighted by Gasteiger charge is 2.45. The Morgan fingerprint density at radius 2 is 1.89 bits per heavy atom. The molecule has 0 amide bonds. The fraction of sp³-hybridized carbons (Fsp3) is 0.370. The number of fused-ring (bicyclic) bond motifs is 3. The lowest BCUT2D eigenvalue weighted by atomic mass is 9.41. The lowest BCUT2D eigenvalue weighted by Crippen LogP contribution is -2.39. The third-order valence-corrected chi connectivity index (χ3v) is 7.58. The van der Waals surface area contributed by atoms with Crippen molar-refractivity contribution in [2.24, 2.45) is 13.0 Å². The quantitative estimate of drug-likeness (QED) is 0.501. The first-order valence-electron chi connectivity index (χ1n) is 12.5. The van der Waals surface area contributed by atoms with E-state index in [9.17, 15) is 0 Å². The van der Waals surface area contributed by atoms with Gasteiger partial charge < -0.3 is 14.4 Å². The van der Waals surface area contributed by atoms with E-state index in [1.165, 1.54) is 5.56 Å². The highest BCUT2D eigenvalue weighted by molar-refractivity contribution is 6.59. The van der Waals surface area contributed by atoms with E-state index in [0.717, 1.165) is 54.3 Å². The summed E-state index contributed by atoms with van der Waals surface area (Å²) in [5.74, 6) is 1.24. The molecule has 0 spiro atoms. The molecule has 2 aromatic heterocycles. The Morgan fingerprint density at radius 3 is 2.59 bits per heavy atom. The van der Waals surface area contributed by atoms with Gasteiger partial charge in [0.1, 0.15) is 5.76 Å². The van der Waals surface area contributed by atoms with Gasteiger partial charge in [0.15, 0.2) is 0 Å². The number of hydrogen-bond donors (Lipinski definition) is 0. The molecule has 1 aliphatic carbocycles. The number of anilines is 1. The third-order valence-electron chi connectivity index (χ3n) is 7.58. The molecule has 37 heavy (non-hydrogen) atoms. The monoisotopic (exact) mass is 485 g/mol. The molecule has 1 saturated heterocycles. The largest absolute Gasteiger partial charge is 0.496 e. The number of rotatable bonds is 6. The van der Waals surface area contributed by atoms with Gasteiger partial charge in [0, 0.05) is 37.6 Å². The van der Waals surface area contributed by atoms with E-state index < -0.39 is 5.11 Å². The van der Waals surface area contributed by atoms with Gasteiger partial charge in [-0.05, 0) is 36.5 Å². The number of benzene rings is 1. The predicted octanol–water partition coefficient (Wildman–Crippen LogP) is 2.78. The van der Waals surface area contributed by atoms with Crippen LogP contribution in [-0.2, 0) is 21.6 Å². The molecule has 6 rings (SSSR count). The lowest BCUT2D eigenvalue weighted by Gasteiger charge is -2.41. The normalized spacial score (nSPS) is 20.3. The minimum absolute atomic E-state index is 0.00231. The number of hydrogen-bond acceptors (Lipinski definition) is 6. The molecule has 0 saturated carbocycles. The van der Waals surface area contributed by atoms with Crippen molar-refractivity contribution in [2.75, 3.05) is 25.2 Å². The average Bonchev–Trinajstić information content (AvgIpc) is 3.58. The number of nitrogens with zero attached hydrogens (tertiary/aromatic N) is 5. The molecule has 180 valence electrons. The smallest absolute Gasteiger partial charge is 0.126 e. The van der Waals surface area contributed by atoms with Crippen molar-refractivity contribution in [3.63, 3.8) is 0 Å². The van der Waals surface area contributed by atoms with Gasteiger partial charge in [-0.3, -0.25) is 4.98 Å². The minimum atomic E-state index is -1.64. The minimum Gasteiger partial charge on any atom is -0.496 e. The van der Waals surface area contributed by atoms with Crippen molar-refractivity contribution < 1.29 is 9.47 Å². The first kappa shape index (κ1) is 24.1. The summed E-state index contributed by atoms with van der Waals surface area (Å²) in [7, 11) is 21.6. The standard InChI is InChI=1S/C27H26B3N5O2/c1-34-25(26(32-33-34)27(28,29)30)18-14-20-23(31-15-18)22-19(8-9-21(22)36-2)35(20)24(16-6-4-3-5-7-16)17-10-12-37-13-11-17/h3-9,14-15,17,19,24H,10-13H2,1-2H3/t19?,24-/m1/s1. The Morgan fingerprint density at radius 1 is 1.14 bits per heavy atom. The van der Waals surface area contributed by atoms with E-state index in [0.29, 0.717) is 17.3 Å². The number of pyridine rings is 1. The maximum Gasteiger partial charge on any atom is 0.126 e. The molecule has 1 unspecified atom stereocenters. The molecule has 10 heteroatoms. The van der Waals surface area contributed by atoms with Crippen molar-refractivity contribution in [3.8, 4) is 11.3 Å². The third kappa shape index (κ3) is 4.02. The fourth-order valence-electron chi connectivity index (χ4n) is 5.95. The molecule has 1 aromatic carbocycles. The van der Waals surface area contributed by atoms with Crippen LogP contribution in [-0.4, -0.2) is 69.9 Å². The second-order valence-electron chi connectivity index (χ2n) is 9.93. The SMILES string of the molecule is [B]C([B])([B])c1nnn(C)c1-c1cnc2c(c1)N([C@H](c1ccccc1)C1CCOCC1)C1C=CC(OC)=C21. The average molecular weight is 485 g/mol. The highest BCUT2D eigenvalue weighted by Crippen LogP contribution is 2.52. The number of methoxy groups -OCH3 is 1. The molecule has 0 bridgehead atoms. The van der Waals surface area contributed by atoms with Crippen LogP contribution >= 0.6 is 0 Å². The van der Waals surface area contributed by atoms with Crippen LogP contribution in [0.4, 0.5) is 5.69 Å². The molecular formula is C27H26B3N5O2. The Labute approximate surface area is 221 Å².